The SMILES string of the molecule is CCC[C@@H]1[C@@H]2C=CC=CC2C([Si](C)(C)C2C3C=CC=C[C@H]3[C@@H](CCC)C2C)[C@@H]1C. The van der Waals surface area contributed by atoms with Crippen LogP contribution in [0.15, 0.2) is 48.6 Å². The molecule has 0 aromatic rings. The Labute approximate surface area is 181 Å². The minimum Gasteiger partial charge on any atom is -0.0808 e. The van der Waals surface area contributed by atoms with Gasteiger partial charge in [-0.3, -0.25) is 0 Å². The van der Waals surface area contributed by atoms with Crippen molar-refractivity contribution in [2.45, 2.75) is 77.6 Å². The van der Waals surface area contributed by atoms with Gasteiger partial charge in [0.2, 0.25) is 0 Å². The molecular formula is C28H44Si. The molecule has 4 aliphatic carbocycles. The van der Waals surface area contributed by atoms with Gasteiger partial charge in [-0.1, -0.05) is 102 Å². The third-order valence-corrected chi connectivity index (χ3v) is 15.0. The van der Waals surface area contributed by atoms with Gasteiger partial charge in [-0.2, -0.15) is 0 Å². The Hall–Kier alpha value is -0.823. The van der Waals surface area contributed by atoms with E-state index in [0.29, 0.717) is 0 Å². The largest absolute Gasteiger partial charge is 0.0808 e. The Morgan fingerprint density at radius 2 is 0.931 bits per heavy atom. The third-order valence-electron chi connectivity index (χ3n) is 9.71. The summed E-state index contributed by atoms with van der Waals surface area (Å²) in [4.78, 5) is 0. The second-order valence-corrected chi connectivity index (χ2v) is 16.3. The zero-order valence-electron chi connectivity index (χ0n) is 19.7. The van der Waals surface area contributed by atoms with E-state index in [2.05, 4.69) is 89.4 Å². The Morgan fingerprint density at radius 1 is 0.586 bits per heavy atom. The van der Waals surface area contributed by atoms with E-state index in [1.165, 1.54) is 25.7 Å². The number of hydrogen-bond donors (Lipinski definition) is 0. The van der Waals surface area contributed by atoms with Crippen LogP contribution in [-0.2, 0) is 0 Å². The van der Waals surface area contributed by atoms with Gasteiger partial charge >= 0.3 is 0 Å². The lowest BCUT2D eigenvalue weighted by atomic mass is 9.82. The number of rotatable bonds is 6. The molecular weight excluding hydrogens is 364 g/mol. The van der Waals surface area contributed by atoms with Crippen LogP contribution in [-0.4, -0.2) is 8.07 Å². The van der Waals surface area contributed by atoms with Gasteiger partial charge in [-0.25, -0.2) is 0 Å². The van der Waals surface area contributed by atoms with E-state index < -0.39 is 8.07 Å². The maximum absolute atomic E-state index is 2.80. The van der Waals surface area contributed by atoms with E-state index in [9.17, 15) is 0 Å². The fraction of sp³-hybridized carbons (Fsp3) is 0.714. The highest BCUT2D eigenvalue weighted by atomic mass is 28.3. The van der Waals surface area contributed by atoms with Crippen LogP contribution in [0, 0.1) is 47.3 Å². The first-order valence-corrected chi connectivity index (χ1v) is 15.8. The van der Waals surface area contributed by atoms with Gasteiger partial charge in [0.1, 0.15) is 0 Å². The molecule has 4 rings (SSSR count). The Balaban J connectivity index is 1.70. The van der Waals surface area contributed by atoms with E-state index in [1.807, 2.05) is 0 Å². The molecule has 0 spiro atoms. The standard InChI is InChI=1S/C28H44Si/c1-7-13-21-19(3)27(25-17-11-9-15-23(21)25)29(5,6)28-20(4)22(14-8-2)24-16-10-12-18-26(24)28/h9-12,15-28H,7-8,13-14H2,1-6H3/t19-,20?,21+,22+,23+,24+,25?,26?,27?,28?/m1/s1. The van der Waals surface area contributed by atoms with E-state index in [1.54, 1.807) is 0 Å². The molecule has 0 bridgehead atoms. The molecule has 4 aliphatic rings. The fourth-order valence-electron chi connectivity index (χ4n) is 8.94. The Bertz CT molecular complexity index is 637. The van der Waals surface area contributed by atoms with Crippen LogP contribution in [0.4, 0.5) is 0 Å². The van der Waals surface area contributed by atoms with Crippen molar-refractivity contribution >= 4 is 8.07 Å². The summed E-state index contributed by atoms with van der Waals surface area (Å²) < 4.78 is 0. The molecule has 0 aliphatic heterocycles. The normalized spacial score (nSPS) is 45.6. The fourth-order valence-corrected chi connectivity index (χ4v) is 15.2. The molecule has 0 nitrogen and oxygen atoms in total. The summed E-state index contributed by atoms with van der Waals surface area (Å²) in [6, 6.07) is 0. The monoisotopic (exact) mass is 408 g/mol. The van der Waals surface area contributed by atoms with Gasteiger partial charge in [-0.15, -0.1) is 0 Å². The molecule has 160 valence electrons. The molecule has 0 radical (unpaired) electrons. The van der Waals surface area contributed by atoms with Crippen molar-refractivity contribution in [2.24, 2.45) is 47.3 Å². The Kier molecular flexibility index (Phi) is 6.18. The van der Waals surface area contributed by atoms with Crippen LogP contribution in [0.1, 0.15) is 53.4 Å². The molecule has 5 unspecified atom stereocenters. The van der Waals surface area contributed by atoms with Gasteiger partial charge < -0.3 is 0 Å². The molecule has 0 heterocycles. The van der Waals surface area contributed by atoms with Crippen LogP contribution >= 0.6 is 0 Å². The maximum atomic E-state index is 2.80. The first-order valence-electron chi connectivity index (χ1n) is 12.6. The summed E-state index contributed by atoms with van der Waals surface area (Å²) in [5.41, 5.74) is 1.86. The molecule has 0 saturated heterocycles. The highest BCUT2D eigenvalue weighted by Gasteiger charge is 2.60. The summed E-state index contributed by atoms with van der Waals surface area (Å²) in [7, 11) is -1.49. The molecule has 0 amide bonds. The van der Waals surface area contributed by atoms with E-state index >= 15 is 0 Å². The smallest absolute Gasteiger partial charge is 0.0553 e. The van der Waals surface area contributed by atoms with Crippen molar-refractivity contribution in [2.75, 3.05) is 0 Å². The number of allylic oxidation sites excluding steroid dienone is 8. The first-order chi connectivity index (χ1) is 13.9. The average Bonchev–Trinajstić information content (AvgIpc) is 3.15. The predicted octanol–water partition coefficient (Wildman–Crippen LogP) is 8.28. The second kappa shape index (κ2) is 8.37. The van der Waals surface area contributed by atoms with Crippen molar-refractivity contribution in [3.8, 4) is 0 Å². The minimum absolute atomic E-state index is 0.798. The summed E-state index contributed by atoms with van der Waals surface area (Å²) in [6.07, 6.45) is 25.3. The predicted molar refractivity (Wildman–Crippen MR) is 131 cm³/mol. The van der Waals surface area contributed by atoms with Crippen LogP contribution in [0.2, 0.25) is 24.2 Å². The van der Waals surface area contributed by atoms with E-state index in [4.69, 9.17) is 0 Å². The van der Waals surface area contributed by atoms with E-state index in [-0.39, 0.29) is 0 Å². The highest BCUT2D eigenvalue weighted by molar-refractivity contribution is 6.80. The van der Waals surface area contributed by atoms with Crippen LogP contribution < -0.4 is 0 Å². The number of fused-ring (bicyclic) bond motifs is 2. The second-order valence-electron chi connectivity index (χ2n) is 11.3. The summed E-state index contributed by atoms with van der Waals surface area (Å²) in [5.74, 6) is 6.72. The molecule has 29 heavy (non-hydrogen) atoms. The number of hydrogen-bond acceptors (Lipinski definition) is 0. The lowest BCUT2D eigenvalue weighted by molar-refractivity contribution is 0.329. The van der Waals surface area contributed by atoms with Crippen LogP contribution in [0.3, 0.4) is 0 Å². The summed E-state index contributed by atoms with van der Waals surface area (Å²) in [5, 5.41) is 0. The Morgan fingerprint density at radius 3 is 1.28 bits per heavy atom. The third kappa shape index (κ3) is 3.40. The van der Waals surface area contributed by atoms with Gasteiger partial charge in [0.05, 0.1) is 8.07 Å². The van der Waals surface area contributed by atoms with Crippen molar-refractivity contribution in [3.05, 3.63) is 48.6 Å². The zero-order chi connectivity index (χ0) is 20.8. The molecule has 0 N–H and O–H groups in total. The summed E-state index contributed by atoms with van der Waals surface area (Å²) >= 11 is 0. The van der Waals surface area contributed by atoms with E-state index in [0.717, 1.165) is 58.4 Å². The minimum atomic E-state index is -1.49. The van der Waals surface area contributed by atoms with Gasteiger partial charge in [0, 0.05) is 0 Å². The quantitative estimate of drug-likeness (QED) is 0.388. The highest BCUT2D eigenvalue weighted by Crippen LogP contribution is 2.65. The molecule has 2 saturated carbocycles. The molecule has 0 aromatic carbocycles. The topological polar surface area (TPSA) is 0 Å². The molecule has 10 atom stereocenters. The van der Waals surface area contributed by atoms with Gasteiger partial charge in [-0.05, 0) is 71.3 Å². The first kappa shape index (κ1) is 21.4. The lowest BCUT2D eigenvalue weighted by Gasteiger charge is -2.45. The van der Waals surface area contributed by atoms with Crippen LogP contribution in [0.25, 0.3) is 0 Å². The van der Waals surface area contributed by atoms with Crippen LogP contribution in [0.5, 0.6) is 0 Å². The molecule has 0 aromatic heterocycles. The molecule has 1 heteroatoms. The molecule has 2 fully saturated rings. The van der Waals surface area contributed by atoms with Crippen molar-refractivity contribution in [1.29, 1.82) is 0 Å². The van der Waals surface area contributed by atoms with Gasteiger partial charge in [0.25, 0.3) is 0 Å². The van der Waals surface area contributed by atoms with Crippen molar-refractivity contribution in [3.63, 3.8) is 0 Å². The lowest BCUT2D eigenvalue weighted by Crippen LogP contribution is -2.46. The zero-order valence-corrected chi connectivity index (χ0v) is 20.7. The maximum Gasteiger partial charge on any atom is 0.0553 e. The summed E-state index contributed by atoms with van der Waals surface area (Å²) in [6.45, 7) is 15.6. The van der Waals surface area contributed by atoms with Gasteiger partial charge in [0.15, 0.2) is 0 Å². The van der Waals surface area contributed by atoms with Crippen molar-refractivity contribution in [1.82, 2.24) is 0 Å². The average molecular weight is 409 g/mol. The van der Waals surface area contributed by atoms with Crippen molar-refractivity contribution < 1.29 is 0 Å².